The minimum absolute atomic E-state index is 0.489. The summed E-state index contributed by atoms with van der Waals surface area (Å²) in [5.74, 6) is 2.35. The molecule has 0 bridgehead atoms. The number of hydrogen-bond donors (Lipinski definition) is 2. The Bertz CT molecular complexity index is 971. The van der Waals surface area contributed by atoms with E-state index < -0.39 is 0 Å². The van der Waals surface area contributed by atoms with Gasteiger partial charge < -0.3 is 20.1 Å². The van der Waals surface area contributed by atoms with Crippen molar-refractivity contribution in [1.82, 2.24) is 25.4 Å². The maximum Gasteiger partial charge on any atom is 0.191 e. The highest BCUT2D eigenvalue weighted by Gasteiger charge is 2.09. The Morgan fingerprint density at radius 3 is 2.65 bits per heavy atom. The molecule has 0 spiro atoms. The maximum atomic E-state index is 5.97. The molecule has 0 aliphatic carbocycles. The van der Waals surface area contributed by atoms with Crippen LogP contribution >= 0.6 is 0 Å². The number of hydrogen-bond acceptors (Lipinski definition) is 5. The number of rotatable bonds is 10. The largest absolute Gasteiger partial charge is 0.493 e. The monoisotopic (exact) mass is 422 g/mol. The van der Waals surface area contributed by atoms with Crippen LogP contribution in [0.4, 0.5) is 0 Å². The van der Waals surface area contributed by atoms with Crippen LogP contribution < -0.4 is 15.4 Å². The van der Waals surface area contributed by atoms with Crippen molar-refractivity contribution in [2.75, 3.05) is 27.4 Å². The molecule has 0 radical (unpaired) electrons. The zero-order chi connectivity index (χ0) is 21.9. The first-order chi connectivity index (χ1) is 15.2. The van der Waals surface area contributed by atoms with Crippen molar-refractivity contribution in [3.8, 4) is 11.4 Å². The van der Waals surface area contributed by atoms with E-state index in [1.807, 2.05) is 34.9 Å². The summed E-state index contributed by atoms with van der Waals surface area (Å²) in [6.07, 6.45) is 2.56. The molecular weight excluding hydrogens is 392 g/mol. The number of aromatic nitrogens is 3. The van der Waals surface area contributed by atoms with Gasteiger partial charge in [-0.3, -0.25) is 9.56 Å². The summed E-state index contributed by atoms with van der Waals surface area (Å²) < 4.78 is 13.0. The highest BCUT2D eigenvalue weighted by Crippen LogP contribution is 2.20. The zero-order valence-electron chi connectivity index (χ0n) is 18.3. The third kappa shape index (κ3) is 6.55. The Kier molecular flexibility index (Phi) is 8.42. The highest BCUT2D eigenvalue weighted by atomic mass is 16.5. The molecule has 2 aromatic carbocycles. The molecule has 0 saturated carbocycles. The smallest absolute Gasteiger partial charge is 0.191 e. The number of aryl methyl sites for hydroxylation is 1. The van der Waals surface area contributed by atoms with Crippen molar-refractivity contribution in [2.24, 2.45) is 4.99 Å². The topological polar surface area (TPSA) is 85.6 Å². The van der Waals surface area contributed by atoms with E-state index in [9.17, 15) is 0 Å². The molecule has 0 fully saturated rings. The molecule has 3 rings (SSSR count). The highest BCUT2D eigenvalue weighted by molar-refractivity contribution is 5.79. The molecule has 31 heavy (non-hydrogen) atoms. The van der Waals surface area contributed by atoms with E-state index in [4.69, 9.17) is 9.47 Å². The average Bonchev–Trinajstić information content (AvgIpc) is 3.27. The number of ether oxygens (including phenoxy) is 2. The van der Waals surface area contributed by atoms with Gasteiger partial charge in [-0.2, -0.15) is 0 Å². The fourth-order valence-electron chi connectivity index (χ4n) is 3.07. The summed E-state index contributed by atoms with van der Waals surface area (Å²) in [6, 6.07) is 16.2. The van der Waals surface area contributed by atoms with Crippen LogP contribution in [0.25, 0.3) is 5.69 Å². The van der Waals surface area contributed by atoms with Gasteiger partial charge >= 0.3 is 0 Å². The Morgan fingerprint density at radius 1 is 1.06 bits per heavy atom. The number of guanidine groups is 1. The van der Waals surface area contributed by atoms with Crippen LogP contribution in [0, 0.1) is 6.92 Å². The lowest BCUT2D eigenvalue weighted by Gasteiger charge is -2.15. The van der Waals surface area contributed by atoms with Crippen LogP contribution in [-0.2, 0) is 17.8 Å². The second-order valence-corrected chi connectivity index (χ2v) is 7.04. The Balaban J connectivity index is 1.58. The Labute approximate surface area is 183 Å². The Morgan fingerprint density at radius 2 is 1.87 bits per heavy atom. The van der Waals surface area contributed by atoms with Crippen molar-refractivity contribution in [2.45, 2.75) is 26.4 Å². The van der Waals surface area contributed by atoms with Crippen LogP contribution in [0.3, 0.4) is 0 Å². The molecule has 0 atom stereocenters. The fraction of sp³-hybridized carbons (Fsp3) is 0.348. The standard InChI is InChI=1S/C23H30N6O2/c1-18-10-11-19(21(14-18)31-13-7-12-30-3)15-25-23(24-2)26-16-22-28-27-17-29(22)20-8-5-4-6-9-20/h4-6,8-11,14,17H,7,12-13,15-16H2,1-3H3,(H2,24,25,26). The SMILES string of the molecule is CN=C(NCc1ccc(C)cc1OCCCOC)NCc1nncn1-c1ccccc1. The van der Waals surface area contributed by atoms with Crippen molar-refractivity contribution in [3.05, 3.63) is 71.8 Å². The van der Waals surface area contributed by atoms with Crippen LogP contribution in [0.2, 0.25) is 0 Å². The van der Waals surface area contributed by atoms with E-state index in [0.717, 1.165) is 34.8 Å². The lowest BCUT2D eigenvalue weighted by atomic mass is 10.1. The van der Waals surface area contributed by atoms with Crippen molar-refractivity contribution < 1.29 is 9.47 Å². The van der Waals surface area contributed by atoms with Gasteiger partial charge in [-0.25, -0.2) is 0 Å². The first-order valence-corrected chi connectivity index (χ1v) is 10.3. The molecule has 164 valence electrons. The van der Waals surface area contributed by atoms with Crippen LogP contribution in [0.1, 0.15) is 23.4 Å². The van der Waals surface area contributed by atoms with Crippen molar-refractivity contribution in [1.29, 1.82) is 0 Å². The molecule has 3 aromatic rings. The van der Waals surface area contributed by atoms with Gasteiger partial charge in [-0.15, -0.1) is 10.2 Å². The minimum atomic E-state index is 0.489. The third-order valence-corrected chi connectivity index (χ3v) is 4.71. The number of para-hydroxylation sites is 1. The summed E-state index contributed by atoms with van der Waals surface area (Å²) in [5.41, 5.74) is 3.24. The average molecular weight is 423 g/mol. The van der Waals surface area contributed by atoms with E-state index in [1.165, 1.54) is 0 Å². The summed E-state index contributed by atoms with van der Waals surface area (Å²) in [7, 11) is 3.44. The second-order valence-electron chi connectivity index (χ2n) is 7.04. The van der Waals surface area contributed by atoms with Gasteiger partial charge in [0.1, 0.15) is 12.1 Å². The molecule has 8 nitrogen and oxygen atoms in total. The van der Waals surface area contributed by atoms with Gasteiger partial charge in [0.05, 0.1) is 13.2 Å². The predicted octanol–water partition coefficient (Wildman–Crippen LogP) is 2.86. The predicted molar refractivity (Wildman–Crippen MR) is 122 cm³/mol. The van der Waals surface area contributed by atoms with Gasteiger partial charge in [-0.1, -0.05) is 30.3 Å². The van der Waals surface area contributed by atoms with E-state index in [2.05, 4.69) is 50.9 Å². The molecule has 0 aliphatic rings. The number of aliphatic imine (C=N–C) groups is 1. The van der Waals surface area contributed by atoms with Gasteiger partial charge in [0.25, 0.3) is 0 Å². The molecule has 0 unspecified atom stereocenters. The van der Waals surface area contributed by atoms with Gasteiger partial charge in [0.2, 0.25) is 0 Å². The minimum Gasteiger partial charge on any atom is -0.493 e. The summed E-state index contributed by atoms with van der Waals surface area (Å²) in [5, 5.41) is 14.9. The molecule has 0 aliphatic heterocycles. The number of nitrogens with one attached hydrogen (secondary N) is 2. The number of nitrogens with zero attached hydrogens (tertiary/aromatic N) is 4. The summed E-state index contributed by atoms with van der Waals surface area (Å²) in [6.45, 7) is 4.44. The number of methoxy groups -OCH3 is 1. The fourth-order valence-corrected chi connectivity index (χ4v) is 3.07. The first kappa shape index (κ1) is 22.3. The second kappa shape index (κ2) is 11.7. The normalized spacial score (nSPS) is 11.4. The summed E-state index contributed by atoms with van der Waals surface area (Å²) in [4.78, 5) is 4.32. The maximum absolute atomic E-state index is 5.97. The van der Waals surface area contributed by atoms with Gasteiger partial charge in [-0.05, 0) is 30.7 Å². The molecule has 0 amide bonds. The lowest BCUT2D eigenvalue weighted by Crippen LogP contribution is -2.37. The molecule has 0 saturated heterocycles. The molecule has 8 heteroatoms. The van der Waals surface area contributed by atoms with Crippen molar-refractivity contribution >= 4 is 5.96 Å². The molecular formula is C23H30N6O2. The van der Waals surface area contributed by atoms with E-state index in [0.29, 0.717) is 32.3 Å². The van der Waals surface area contributed by atoms with Crippen LogP contribution in [-0.4, -0.2) is 48.1 Å². The van der Waals surface area contributed by atoms with Crippen LogP contribution in [0.5, 0.6) is 5.75 Å². The van der Waals surface area contributed by atoms with Gasteiger partial charge in [0.15, 0.2) is 11.8 Å². The van der Waals surface area contributed by atoms with E-state index >= 15 is 0 Å². The van der Waals surface area contributed by atoms with E-state index in [-0.39, 0.29) is 0 Å². The molecule has 1 aromatic heterocycles. The quantitative estimate of drug-likeness (QED) is 0.297. The van der Waals surface area contributed by atoms with Crippen molar-refractivity contribution in [3.63, 3.8) is 0 Å². The lowest BCUT2D eigenvalue weighted by molar-refractivity contribution is 0.171. The third-order valence-electron chi connectivity index (χ3n) is 4.71. The van der Waals surface area contributed by atoms with Crippen LogP contribution in [0.15, 0.2) is 59.9 Å². The first-order valence-electron chi connectivity index (χ1n) is 10.3. The van der Waals surface area contributed by atoms with E-state index in [1.54, 1.807) is 20.5 Å². The number of benzene rings is 2. The summed E-state index contributed by atoms with van der Waals surface area (Å²) >= 11 is 0. The zero-order valence-corrected chi connectivity index (χ0v) is 18.3. The molecule has 1 heterocycles. The van der Waals surface area contributed by atoms with Gasteiger partial charge in [0, 0.05) is 45.0 Å². The Hall–Kier alpha value is -3.39. The molecule has 2 N–H and O–H groups in total.